The number of carbonyl (C=O) groups excluding carboxylic acids is 1. The summed E-state index contributed by atoms with van der Waals surface area (Å²) in [4.78, 5) is 15.1. The first-order chi connectivity index (χ1) is 11.2. The number of hydrogen-bond acceptors (Lipinski definition) is 3. The van der Waals surface area contributed by atoms with E-state index in [-0.39, 0.29) is 5.78 Å². The predicted octanol–water partition coefficient (Wildman–Crippen LogP) is 5.22. The number of nitrogens with zero attached hydrogens (tertiary/aromatic N) is 1. The third-order valence-corrected chi connectivity index (χ3v) is 3.04. The zero-order valence-corrected chi connectivity index (χ0v) is 13.7. The number of hydrogen-bond donors (Lipinski definition) is 0. The minimum Gasteiger partial charge on any atom is -0.461 e. The van der Waals surface area contributed by atoms with Crippen molar-refractivity contribution in [3.63, 3.8) is 0 Å². The summed E-state index contributed by atoms with van der Waals surface area (Å²) < 4.78 is 4.85. The first-order valence-corrected chi connectivity index (χ1v) is 7.57. The average Bonchev–Trinajstić information content (AvgIpc) is 3.12. The second-order valence-electron chi connectivity index (χ2n) is 4.71. The summed E-state index contributed by atoms with van der Waals surface area (Å²) >= 11 is 0. The Morgan fingerprint density at radius 2 is 1.96 bits per heavy atom. The Morgan fingerprint density at radius 1 is 1.22 bits per heavy atom. The van der Waals surface area contributed by atoms with Crippen LogP contribution in [0.5, 0.6) is 0 Å². The Balaban J connectivity index is 0.000000238. The van der Waals surface area contributed by atoms with Gasteiger partial charge >= 0.3 is 0 Å². The number of benzene rings is 1. The smallest absolute Gasteiger partial charge is 0.201 e. The number of Topliss-reactive ketones (excluding diaryl/α,β-unsaturated/α-hetero) is 1. The predicted molar refractivity (Wildman–Crippen MR) is 97.0 cm³/mol. The van der Waals surface area contributed by atoms with Gasteiger partial charge in [-0.1, -0.05) is 49.4 Å². The first kappa shape index (κ1) is 18.4. The number of ketones is 1. The van der Waals surface area contributed by atoms with E-state index in [1.54, 1.807) is 18.2 Å². The number of aliphatic imine (C=N–C) groups is 1. The fourth-order valence-corrected chi connectivity index (χ4v) is 1.78. The van der Waals surface area contributed by atoms with Crippen molar-refractivity contribution < 1.29 is 9.21 Å². The molecule has 0 aliphatic rings. The number of furan rings is 1. The molecule has 23 heavy (non-hydrogen) atoms. The van der Waals surface area contributed by atoms with Crippen LogP contribution >= 0.6 is 0 Å². The van der Waals surface area contributed by atoms with Crippen LogP contribution in [-0.4, -0.2) is 18.5 Å². The molecule has 1 aromatic heterocycles. The molecule has 0 saturated carbocycles. The molecule has 1 heterocycles. The van der Waals surface area contributed by atoms with Gasteiger partial charge in [0.25, 0.3) is 0 Å². The molecular weight excluding hydrogens is 286 g/mol. The highest BCUT2D eigenvalue weighted by molar-refractivity contribution is 5.97. The third kappa shape index (κ3) is 7.23. The van der Waals surface area contributed by atoms with Gasteiger partial charge in [0.15, 0.2) is 5.76 Å². The maximum Gasteiger partial charge on any atom is 0.201 e. The summed E-state index contributed by atoms with van der Waals surface area (Å²) in [5.41, 5.74) is 2.35. The fourth-order valence-electron chi connectivity index (χ4n) is 1.78. The summed E-state index contributed by atoms with van der Waals surface area (Å²) in [6.45, 7) is 5.56. The highest BCUT2D eigenvalue weighted by Gasteiger charge is 2.04. The van der Waals surface area contributed by atoms with Crippen molar-refractivity contribution in [3.8, 4) is 0 Å². The van der Waals surface area contributed by atoms with Gasteiger partial charge < -0.3 is 4.42 Å². The van der Waals surface area contributed by atoms with Crippen molar-refractivity contribution in [1.29, 1.82) is 0 Å². The summed E-state index contributed by atoms with van der Waals surface area (Å²) in [5.74, 6) is 0.375. The Kier molecular flexibility index (Phi) is 8.76. The van der Waals surface area contributed by atoms with Gasteiger partial charge in [0, 0.05) is 19.2 Å². The molecule has 0 fully saturated rings. The molecule has 0 N–H and O–H groups in total. The van der Waals surface area contributed by atoms with Crippen LogP contribution in [0.4, 0.5) is 0 Å². The SMILES string of the molecule is C=CCC(=O)c1ccco1.CCC(/C=C/c1ccccc1)=NC. The lowest BCUT2D eigenvalue weighted by Crippen LogP contribution is -1.92. The van der Waals surface area contributed by atoms with Gasteiger partial charge in [-0.15, -0.1) is 6.58 Å². The Labute approximate surface area is 138 Å². The Bertz CT molecular complexity index is 638. The number of allylic oxidation sites excluding steroid dienone is 2. The van der Waals surface area contributed by atoms with E-state index < -0.39 is 0 Å². The van der Waals surface area contributed by atoms with E-state index >= 15 is 0 Å². The van der Waals surface area contributed by atoms with Crippen molar-refractivity contribution in [2.75, 3.05) is 7.05 Å². The topological polar surface area (TPSA) is 42.6 Å². The number of rotatable bonds is 6. The molecule has 3 heteroatoms. The van der Waals surface area contributed by atoms with E-state index in [0.29, 0.717) is 12.2 Å². The molecule has 0 unspecified atom stereocenters. The summed E-state index contributed by atoms with van der Waals surface area (Å²) in [5, 5.41) is 0. The maximum absolute atomic E-state index is 10.9. The molecule has 0 bridgehead atoms. The second-order valence-corrected chi connectivity index (χ2v) is 4.71. The van der Waals surface area contributed by atoms with Gasteiger partial charge in [0.05, 0.1) is 6.26 Å². The number of carbonyl (C=O) groups is 1. The van der Waals surface area contributed by atoms with Crippen molar-refractivity contribution in [2.45, 2.75) is 19.8 Å². The first-order valence-electron chi connectivity index (χ1n) is 7.57. The van der Waals surface area contributed by atoms with Crippen LogP contribution in [0.1, 0.15) is 35.9 Å². The van der Waals surface area contributed by atoms with Gasteiger partial charge in [0.1, 0.15) is 0 Å². The van der Waals surface area contributed by atoms with E-state index in [0.717, 1.165) is 12.1 Å². The molecule has 0 aliphatic carbocycles. The van der Waals surface area contributed by atoms with Crippen LogP contribution in [0.3, 0.4) is 0 Å². The molecular formula is C20H23NO2. The lowest BCUT2D eigenvalue weighted by Gasteiger charge is -1.93. The molecule has 0 saturated heterocycles. The molecule has 1 aromatic carbocycles. The Hall–Kier alpha value is -2.68. The van der Waals surface area contributed by atoms with Gasteiger partial charge in [-0.3, -0.25) is 9.79 Å². The van der Waals surface area contributed by atoms with E-state index in [9.17, 15) is 4.79 Å². The zero-order valence-electron chi connectivity index (χ0n) is 13.7. The molecule has 2 aromatic rings. The average molecular weight is 309 g/mol. The summed E-state index contributed by atoms with van der Waals surface area (Å²) in [6, 6.07) is 13.6. The van der Waals surface area contributed by atoms with Crippen LogP contribution < -0.4 is 0 Å². The second kappa shape index (κ2) is 11.0. The van der Waals surface area contributed by atoms with Crippen LogP contribution in [0.25, 0.3) is 6.08 Å². The van der Waals surface area contributed by atoms with Gasteiger partial charge in [-0.05, 0) is 30.2 Å². The largest absolute Gasteiger partial charge is 0.461 e. The van der Waals surface area contributed by atoms with Gasteiger partial charge in [0.2, 0.25) is 5.78 Å². The normalized spacial score (nSPS) is 11.0. The molecule has 0 aliphatic heterocycles. The van der Waals surface area contributed by atoms with Crippen LogP contribution in [-0.2, 0) is 0 Å². The minimum absolute atomic E-state index is 0.0278. The monoisotopic (exact) mass is 309 g/mol. The van der Waals surface area contributed by atoms with Crippen LogP contribution in [0.15, 0.2) is 76.9 Å². The lowest BCUT2D eigenvalue weighted by molar-refractivity contribution is 0.0969. The van der Waals surface area contributed by atoms with E-state index in [1.165, 1.54) is 11.8 Å². The molecule has 3 nitrogen and oxygen atoms in total. The molecule has 120 valence electrons. The maximum atomic E-state index is 10.9. The third-order valence-electron chi connectivity index (χ3n) is 3.04. The van der Waals surface area contributed by atoms with Gasteiger partial charge in [-0.25, -0.2) is 0 Å². The van der Waals surface area contributed by atoms with Gasteiger partial charge in [-0.2, -0.15) is 0 Å². The molecule has 0 radical (unpaired) electrons. The van der Waals surface area contributed by atoms with Crippen LogP contribution in [0, 0.1) is 0 Å². The molecule has 0 atom stereocenters. The lowest BCUT2D eigenvalue weighted by atomic mass is 10.2. The van der Waals surface area contributed by atoms with Crippen molar-refractivity contribution in [3.05, 3.63) is 78.8 Å². The quantitative estimate of drug-likeness (QED) is 0.417. The zero-order chi connectivity index (χ0) is 16.9. The van der Waals surface area contributed by atoms with E-state index in [2.05, 4.69) is 42.8 Å². The standard InChI is InChI=1S/C12H15N.C8H8O2/c1-3-12(13-2)10-9-11-7-5-4-6-8-11;1-2-4-7(9)8-5-3-6-10-8/h4-10H,3H2,1-2H3;2-3,5-6H,1,4H2/b10-9+,13-12?;. The van der Waals surface area contributed by atoms with E-state index in [1.807, 2.05) is 25.2 Å². The van der Waals surface area contributed by atoms with Crippen molar-refractivity contribution in [2.24, 2.45) is 4.99 Å². The minimum atomic E-state index is -0.0278. The molecule has 0 amide bonds. The van der Waals surface area contributed by atoms with Crippen LogP contribution in [0.2, 0.25) is 0 Å². The fraction of sp³-hybridized carbons (Fsp3) is 0.200. The summed E-state index contributed by atoms with van der Waals surface area (Å²) in [7, 11) is 1.83. The Morgan fingerprint density at radius 3 is 2.48 bits per heavy atom. The highest BCUT2D eigenvalue weighted by atomic mass is 16.3. The molecule has 0 spiro atoms. The summed E-state index contributed by atoms with van der Waals surface area (Å²) in [6.07, 6.45) is 8.52. The van der Waals surface area contributed by atoms with E-state index in [4.69, 9.17) is 4.42 Å². The van der Waals surface area contributed by atoms with Crippen molar-refractivity contribution >= 4 is 17.6 Å². The van der Waals surface area contributed by atoms with Crippen molar-refractivity contribution in [1.82, 2.24) is 0 Å². The highest BCUT2D eigenvalue weighted by Crippen LogP contribution is 2.03. The molecule has 2 rings (SSSR count).